The lowest BCUT2D eigenvalue weighted by Gasteiger charge is -2.45. The van der Waals surface area contributed by atoms with Crippen molar-refractivity contribution in [1.29, 1.82) is 0 Å². The molecule has 6 nitrogen and oxygen atoms in total. The van der Waals surface area contributed by atoms with Crippen LogP contribution < -0.4 is 5.32 Å². The summed E-state index contributed by atoms with van der Waals surface area (Å²) in [6, 6.07) is 0. The lowest BCUT2D eigenvalue weighted by atomic mass is 9.87. The highest BCUT2D eigenvalue weighted by Gasteiger charge is 2.38. The molecule has 1 aliphatic heterocycles. The minimum Gasteiger partial charge on any atom is -0.349 e. The zero-order valence-electron chi connectivity index (χ0n) is 14.3. The third-order valence-corrected chi connectivity index (χ3v) is 6.50. The topological polar surface area (TPSA) is 58.3 Å². The Labute approximate surface area is 143 Å². The normalized spacial score (nSPS) is 21.7. The Hall–Kier alpha value is -1.24. The van der Waals surface area contributed by atoms with E-state index in [2.05, 4.69) is 48.7 Å². The Bertz CT molecular complexity index is 529. The number of thioether (sulfide) groups is 1. The van der Waals surface area contributed by atoms with Crippen LogP contribution in [-0.2, 0) is 13.1 Å². The molecule has 0 bridgehead atoms. The minimum atomic E-state index is 0.456. The fourth-order valence-corrected chi connectivity index (χ4v) is 5.26. The maximum absolute atomic E-state index is 4.51. The fourth-order valence-electron chi connectivity index (χ4n) is 3.69. The van der Waals surface area contributed by atoms with Gasteiger partial charge in [0.05, 0.1) is 6.54 Å². The Morgan fingerprint density at radius 1 is 1.39 bits per heavy atom. The van der Waals surface area contributed by atoms with Crippen molar-refractivity contribution in [1.82, 2.24) is 25.0 Å². The largest absolute Gasteiger partial charge is 0.349 e. The number of guanidine groups is 1. The molecule has 1 aliphatic carbocycles. The van der Waals surface area contributed by atoms with E-state index in [1.807, 2.05) is 7.05 Å². The monoisotopic (exact) mass is 336 g/mol. The van der Waals surface area contributed by atoms with Crippen LogP contribution in [0.3, 0.4) is 0 Å². The summed E-state index contributed by atoms with van der Waals surface area (Å²) in [5.74, 6) is 3.17. The predicted octanol–water partition coefficient (Wildman–Crippen LogP) is 2.13. The summed E-state index contributed by atoms with van der Waals surface area (Å²) in [6.07, 6.45) is 8.67. The van der Waals surface area contributed by atoms with Crippen molar-refractivity contribution in [2.24, 2.45) is 4.99 Å². The van der Waals surface area contributed by atoms with Crippen LogP contribution in [0.4, 0.5) is 0 Å². The van der Waals surface area contributed by atoms with Gasteiger partial charge in [0.1, 0.15) is 6.33 Å². The minimum absolute atomic E-state index is 0.456. The summed E-state index contributed by atoms with van der Waals surface area (Å²) < 4.78 is 2.52. The molecule has 7 heteroatoms. The van der Waals surface area contributed by atoms with Gasteiger partial charge in [-0.15, -0.1) is 10.2 Å². The van der Waals surface area contributed by atoms with E-state index in [1.54, 1.807) is 6.33 Å². The summed E-state index contributed by atoms with van der Waals surface area (Å²) in [4.78, 5) is 6.95. The number of rotatable bonds is 3. The van der Waals surface area contributed by atoms with E-state index in [4.69, 9.17) is 0 Å². The summed E-state index contributed by atoms with van der Waals surface area (Å²) in [5.41, 5.74) is 0. The van der Waals surface area contributed by atoms with Crippen LogP contribution in [0.1, 0.15) is 44.9 Å². The first-order chi connectivity index (χ1) is 11.3. The number of hydrogen-bond acceptors (Lipinski definition) is 4. The van der Waals surface area contributed by atoms with Gasteiger partial charge in [0, 0.05) is 37.2 Å². The molecule has 1 N–H and O–H groups in total. The number of aromatic nitrogens is 3. The standard InChI is InChI=1S/C16H28N6S/c1-3-21-13-19-20-14(21)11-18-15(17-2)22-9-10-23-16(12-22)7-5-4-6-8-16/h13H,3-12H2,1-2H3,(H,17,18). The van der Waals surface area contributed by atoms with E-state index < -0.39 is 0 Å². The summed E-state index contributed by atoms with van der Waals surface area (Å²) >= 11 is 2.19. The number of aryl methyl sites for hydroxylation is 1. The highest BCUT2D eigenvalue weighted by atomic mass is 32.2. The van der Waals surface area contributed by atoms with Crippen LogP contribution in [0.15, 0.2) is 11.3 Å². The molecule has 2 heterocycles. The van der Waals surface area contributed by atoms with Crippen molar-refractivity contribution in [2.75, 3.05) is 25.9 Å². The average molecular weight is 337 g/mol. The molecule has 1 saturated heterocycles. The van der Waals surface area contributed by atoms with Crippen LogP contribution in [0.25, 0.3) is 0 Å². The summed E-state index contributed by atoms with van der Waals surface area (Å²) in [6.45, 7) is 5.88. The molecule has 0 radical (unpaired) electrons. The van der Waals surface area contributed by atoms with E-state index in [9.17, 15) is 0 Å². The summed E-state index contributed by atoms with van der Waals surface area (Å²) in [5, 5.41) is 11.7. The second kappa shape index (κ2) is 7.55. The average Bonchev–Trinajstić information content (AvgIpc) is 3.04. The number of aliphatic imine (C=N–C) groups is 1. The van der Waals surface area contributed by atoms with Gasteiger partial charge in [-0.1, -0.05) is 19.3 Å². The van der Waals surface area contributed by atoms with Crippen molar-refractivity contribution in [3.8, 4) is 0 Å². The Balaban J connectivity index is 1.61. The molecule has 1 aromatic heterocycles. The molecule has 1 saturated carbocycles. The molecular weight excluding hydrogens is 308 g/mol. The molecule has 0 atom stereocenters. The maximum atomic E-state index is 4.51. The van der Waals surface area contributed by atoms with Gasteiger partial charge in [-0.25, -0.2) is 0 Å². The molecule has 0 amide bonds. The molecule has 1 spiro atoms. The Kier molecular flexibility index (Phi) is 5.46. The highest BCUT2D eigenvalue weighted by Crippen LogP contribution is 2.42. The van der Waals surface area contributed by atoms with Crippen LogP contribution in [0.5, 0.6) is 0 Å². The smallest absolute Gasteiger partial charge is 0.194 e. The van der Waals surface area contributed by atoms with E-state index in [0.717, 1.165) is 31.4 Å². The third-order valence-electron chi connectivity index (χ3n) is 4.97. The molecule has 0 unspecified atom stereocenters. The van der Waals surface area contributed by atoms with E-state index in [0.29, 0.717) is 11.3 Å². The first-order valence-corrected chi connectivity index (χ1v) is 9.71. The van der Waals surface area contributed by atoms with Crippen molar-refractivity contribution in [3.63, 3.8) is 0 Å². The van der Waals surface area contributed by atoms with Crippen molar-refractivity contribution >= 4 is 17.7 Å². The van der Waals surface area contributed by atoms with Crippen molar-refractivity contribution in [2.45, 2.75) is 56.9 Å². The number of nitrogens with one attached hydrogen (secondary N) is 1. The van der Waals surface area contributed by atoms with Crippen LogP contribution >= 0.6 is 11.8 Å². The van der Waals surface area contributed by atoms with Crippen molar-refractivity contribution in [3.05, 3.63) is 12.2 Å². The van der Waals surface area contributed by atoms with Gasteiger partial charge in [0.25, 0.3) is 0 Å². The predicted molar refractivity (Wildman–Crippen MR) is 95.7 cm³/mol. The zero-order valence-corrected chi connectivity index (χ0v) is 15.1. The third kappa shape index (κ3) is 3.82. The Morgan fingerprint density at radius 3 is 2.96 bits per heavy atom. The van der Waals surface area contributed by atoms with Crippen molar-refractivity contribution < 1.29 is 0 Å². The second-order valence-electron chi connectivity index (χ2n) is 6.45. The Morgan fingerprint density at radius 2 is 2.22 bits per heavy atom. The van der Waals surface area contributed by atoms with E-state index >= 15 is 0 Å². The second-order valence-corrected chi connectivity index (χ2v) is 8.01. The maximum Gasteiger partial charge on any atom is 0.194 e. The molecular formula is C16H28N6S. The van der Waals surface area contributed by atoms with Gasteiger partial charge in [0.15, 0.2) is 11.8 Å². The van der Waals surface area contributed by atoms with E-state index in [1.165, 1.54) is 37.9 Å². The molecule has 1 aromatic rings. The summed E-state index contributed by atoms with van der Waals surface area (Å²) in [7, 11) is 1.88. The van der Waals surface area contributed by atoms with Gasteiger partial charge < -0.3 is 14.8 Å². The SMILES string of the molecule is CCn1cnnc1CNC(=NC)N1CCSC2(CCCCC2)C1. The van der Waals surface area contributed by atoms with Gasteiger partial charge in [0.2, 0.25) is 0 Å². The van der Waals surface area contributed by atoms with Crippen LogP contribution in [0.2, 0.25) is 0 Å². The number of hydrogen-bond donors (Lipinski definition) is 1. The van der Waals surface area contributed by atoms with Gasteiger partial charge in [-0.3, -0.25) is 4.99 Å². The lowest BCUT2D eigenvalue weighted by molar-refractivity contribution is 0.293. The lowest BCUT2D eigenvalue weighted by Crippen LogP contribution is -2.53. The molecule has 23 heavy (non-hydrogen) atoms. The molecule has 2 fully saturated rings. The van der Waals surface area contributed by atoms with Crippen LogP contribution in [-0.4, -0.2) is 56.3 Å². The van der Waals surface area contributed by atoms with Gasteiger partial charge in [-0.2, -0.15) is 11.8 Å². The molecule has 3 rings (SSSR count). The quantitative estimate of drug-likeness (QED) is 0.677. The van der Waals surface area contributed by atoms with Gasteiger partial charge in [-0.05, 0) is 19.8 Å². The first-order valence-electron chi connectivity index (χ1n) is 8.72. The number of nitrogens with zero attached hydrogens (tertiary/aromatic N) is 5. The van der Waals surface area contributed by atoms with Crippen LogP contribution in [0, 0.1) is 0 Å². The molecule has 2 aliphatic rings. The fraction of sp³-hybridized carbons (Fsp3) is 0.812. The zero-order chi connectivity index (χ0) is 16.1. The van der Waals surface area contributed by atoms with E-state index in [-0.39, 0.29) is 0 Å². The van der Waals surface area contributed by atoms with Gasteiger partial charge >= 0.3 is 0 Å². The molecule has 0 aromatic carbocycles. The first kappa shape index (κ1) is 16.6. The molecule has 128 valence electrons. The highest BCUT2D eigenvalue weighted by molar-refractivity contribution is 8.00.